The van der Waals surface area contributed by atoms with Gasteiger partial charge in [-0.1, -0.05) is 6.92 Å². The lowest BCUT2D eigenvalue weighted by Gasteiger charge is -2.22. The molecule has 1 aromatic carbocycles. The summed E-state index contributed by atoms with van der Waals surface area (Å²) in [5, 5.41) is 0. The number of sulfonamides is 1. The lowest BCUT2D eigenvalue weighted by atomic mass is 9.90. The molecule has 1 amide bonds. The fourth-order valence-corrected chi connectivity index (χ4v) is 3.01. The molecule has 7 heteroatoms. The van der Waals surface area contributed by atoms with Gasteiger partial charge in [0.15, 0.2) is 0 Å². The second-order valence-corrected chi connectivity index (χ2v) is 7.69. The molecule has 116 valence electrons. The number of nitrogens with two attached hydrogens (primary N) is 1. The van der Waals surface area contributed by atoms with Crippen molar-refractivity contribution in [3.8, 4) is 0 Å². The van der Waals surface area contributed by atoms with Gasteiger partial charge in [0.05, 0.1) is 6.26 Å². The average Bonchev–Trinajstić information content (AvgIpc) is 2.80. The molecule has 1 aliphatic heterocycles. The van der Waals surface area contributed by atoms with E-state index >= 15 is 0 Å². The maximum Gasteiger partial charge on any atom is 0.253 e. The van der Waals surface area contributed by atoms with E-state index in [1.54, 1.807) is 29.2 Å². The van der Waals surface area contributed by atoms with Gasteiger partial charge in [-0.25, -0.2) is 8.42 Å². The minimum atomic E-state index is -3.30. The third kappa shape index (κ3) is 3.95. The Morgan fingerprint density at radius 3 is 2.48 bits per heavy atom. The fraction of sp³-hybridized carbons (Fsp3) is 0.500. The number of rotatable bonds is 4. The molecule has 1 aromatic rings. The Kier molecular flexibility index (Phi) is 4.25. The van der Waals surface area contributed by atoms with Gasteiger partial charge in [-0.15, -0.1) is 0 Å². The van der Waals surface area contributed by atoms with E-state index in [-0.39, 0.29) is 11.3 Å². The summed E-state index contributed by atoms with van der Waals surface area (Å²) in [6.45, 7) is 4.01. The van der Waals surface area contributed by atoms with E-state index in [0.717, 1.165) is 12.7 Å². The number of nitrogens with one attached hydrogen (secondary N) is 1. The van der Waals surface area contributed by atoms with E-state index in [9.17, 15) is 13.2 Å². The van der Waals surface area contributed by atoms with Crippen LogP contribution in [0.5, 0.6) is 0 Å². The van der Waals surface area contributed by atoms with Crippen molar-refractivity contribution < 1.29 is 13.2 Å². The van der Waals surface area contributed by atoms with Gasteiger partial charge in [0.2, 0.25) is 10.0 Å². The molecule has 0 saturated carbocycles. The zero-order valence-corrected chi connectivity index (χ0v) is 13.1. The number of hydrogen-bond acceptors (Lipinski definition) is 4. The van der Waals surface area contributed by atoms with Crippen LogP contribution in [0.4, 0.5) is 5.69 Å². The number of carbonyl (C=O) groups is 1. The quantitative estimate of drug-likeness (QED) is 0.863. The number of nitrogens with zero attached hydrogens (tertiary/aromatic N) is 1. The van der Waals surface area contributed by atoms with Crippen molar-refractivity contribution in [2.75, 3.05) is 30.6 Å². The largest absolute Gasteiger partial charge is 0.338 e. The van der Waals surface area contributed by atoms with Gasteiger partial charge in [0.1, 0.15) is 0 Å². The predicted molar refractivity (Wildman–Crippen MR) is 82.6 cm³/mol. The Hall–Kier alpha value is -1.60. The zero-order valence-electron chi connectivity index (χ0n) is 12.3. The summed E-state index contributed by atoms with van der Waals surface area (Å²) in [5.74, 6) is -0.0434. The smallest absolute Gasteiger partial charge is 0.253 e. The third-order valence-corrected chi connectivity index (χ3v) is 4.38. The normalized spacial score (nSPS) is 22.3. The average molecular weight is 311 g/mol. The van der Waals surface area contributed by atoms with Crippen molar-refractivity contribution >= 4 is 21.6 Å². The molecule has 1 atom stereocenters. The molecule has 3 N–H and O–H groups in total. The Balaban J connectivity index is 2.07. The van der Waals surface area contributed by atoms with Crippen LogP contribution in [0.1, 0.15) is 23.7 Å². The molecule has 0 aliphatic carbocycles. The topological polar surface area (TPSA) is 92.5 Å². The van der Waals surface area contributed by atoms with Crippen LogP contribution >= 0.6 is 0 Å². The summed E-state index contributed by atoms with van der Waals surface area (Å²) < 4.78 is 24.6. The van der Waals surface area contributed by atoms with Crippen molar-refractivity contribution in [1.29, 1.82) is 0 Å². The second kappa shape index (κ2) is 5.65. The van der Waals surface area contributed by atoms with Gasteiger partial charge >= 0.3 is 0 Å². The van der Waals surface area contributed by atoms with Gasteiger partial charge in [0, 0.05) is 24.3 Å². The summed E-state index contributed by atoms with van der Waals surface area (Å²) in [6.07, 6.45) is 1.99. The van der Waals surface area contributed by atoms with Gasteiger partial charge in [-0.2, -0.15) is 0 Å². The standard InChI is InChI=1S/C14H21N3O3S/c1-14(9-15)7-8-17(10-14)13(18)11-3-5-12(6-4-11)16-21(2,19)20/h3-6,16H,7-10,15H2,1-2H3. The van der Waals surface area contributed by atoms with Crippen molar-refractivity contribution in [2.45, 2.75) is 13.3 Å². The van der Waals surface area contributed by atoms with Gasteiger partial charge in [0.25, 0.3) is 5.91 Å². The molecule has 0 bridgehead atoms. The number of carbonyl (C=O) groups excluding carboxylic acids is 1. The summed E-state index contributed by atoms with van der Waals surface area (Å²) in [7, 11) is -3.30. The first-order valence-corrected chi connectivity index (χ1v) is 8.69. The minimum absolute atomic E-state index is 0.00650. The Morgan fingerprint density at radius 1 is 1.38 bits per heavy atom. The number of likely N-dealkylation sites (tertiary alicyclic amines) is 1. The Bertz CT molecular complexity index is 627. The molecule has 0 spiro atoms. The molecular weight excluding hydrogens is 290 g/mol. The summed E-state index contributed by atoms with van der Waals surface area (Å²) in [4.78, 5) is 14.2. The monoisotopic (exact) mass is 311 g/mol. The van der Waals surface area contributed by atoms with E-state index in [0.29, 0.717) is 30.9 Å². The van der Waals surface area contributed by atoms with Crippen molar-refractivity contribution in [2.24, 2.45) is 11.1 Å². The third-order valence-electron chi connectivity index (χ3n) is 3.77. The first kappa shape index (κ1) is 15.8. The van der Waals surface area contributed by atoms with Crippen molar-refractivity contribution in [3.05, 3.63) is 29.8 Å². The Labute approximate surface area is 125 Å². The highest BCUT2D eigenvalue weighted by Gasteiger charge is 2.35. The van der Waals surface area contributed by atoms with Crippen LogP contribution in [0, 0.1) is 5.41 Å². The molecule has 1 heterocycles. The Morgan fingerprint density at radius 2 is 2.00 bits per heavy atom. The second-order valence-electron chi connectivity index (χ2n) is 5.94. The molecule has 2 rings (SSSR count). The number of hydrogen-bond donors (Lipinski definition) is 2. The molecule has 1 aliphatic rings. The lowest BCUT2D eigenvalue weighted by Crippen LogP contribution is -2.34. The predicted octanol–water partition coefficient (Wildman–Crippen LogP) is 0.869. The first-order chi connectivity index (χ1) is 9.72. The highest BCUT2D eigenvalue weighted by molar-refractivity contribution is 7.92. The molecule has 1 saturated heterocycles. The molecule has 1 fully saturated rings. The number of benzene rings is 1. The van der Waals surface area contributed by atoms with E-state index in [1.807, 2.05) is 0 Å². The van der Waals surface area contributed by atoms with Crippen LogP contribution in [-0.4, -0.2) is 45.1 Å². The van der Waals surface area contributed by atoms with Crippen LogP contribution in [0.25, 0.3) is 0 Å². The minimum Gasteiger partial charge on any atom is -0.338 e. The summed E-state index contributed by atoms with van der Waals surface area (Å²) in [6, 6.07) is 6.45. The number of amides is 1. The summed E-state index contributed by atoms with van der Waals surface area (Å²) >= 11 is 0. The first-order valence-electron chi connectivity index (χ1n) is 6.80. The van der Waals surface area contributed by atoms with Crippen LogP contribution in [0.2, 0.25) is 0 Å². The molecule has 0 radical (unpaired) electrons. The SMILES string of the molecule is CC1(CN)CCN(C(=O)c2ccc(NS(C)(=O)=O)cc2)C1. The number of anilines is 1. The van der Waals surface area contributed by atoms with Crippen LogP contribution in [0.3, 0.4) is 0 Å². The van der Waals surface area contributed by atoms with Crippen molar-refractivity contribution in [3.63, 3.8) is 0 Å². The molecule has 1 unspecified atom stereocenters. The van der Waals surface area contributed by atoms with Gasteiger partial charge < -0.3 is 10.6 Å². The van der Waals surface area contributed by atoms with E-state index in [1.165, 1.54) is 0 Å². The van der Waals surface area contributed by atoms with Crippen LogP contribution < -0.4 is 10.5 Å². The van der Waals surface area contributed by atoms with Gasteiger partial charge in [-0.3, -0.25) is 9.52 Å². The van der Waals surface area contributed by atoms with E-state index < -0.39 is 10.0 Å². The highest BCUT2D eigenvalue weighted by atomic mass is 32.2. The van der Waals surface area contributed by atoms with E-state index in [2.05, 4.69) is 11.6 Å². The summed E-state index contributed by atoms with van der Waals surface area (Å²) in [5.41, 5.74) is 6.74. The molecule has 21 heavy (non-hydrogen) atoms. The molecule has 0 aromatic heterocycles. The maximum absolute atomic E-state index is 12.4. The zero-order chi connectivity index (χ0) is 15.7. The van der Waals surface area contributed by atoms with Crippen LogP contribution in [-0.2, 0) is 10.0 Å². The maximum atomic E-state index is 12.4. The fourth-order valence-electron chi connectivity index (χ4n) is 2.44. The molecular formula is C14H21N3O3S. The lowest BCUT2D eigenvalue weighted by molar-refractivity contribution is 0.0777. The van der Waals surface area contributed by atoms with E-state index in [4.69, 9.17) is 5.73 Å². The molecule has 6 nitrogen and oxygen atoms in total. The van der Waals surface area contributed by atoms with Crippen molar-refractivity contribution in [1.82, 2.24) is 4.90 Å². The van der Waals surface area contributed by atoms with Crippen LogP contribution in [0.15, 0.2) is 24.3 Å². The van der Waals surface area contributed by atoms with Gasteiger partial charge in [-0.05, 0) is 42.6 Å². The highest BCUT2D eigenvalue weighted by Crippen LogP contribution is 2.29.